The summed E-state index contributed by atoms with van der Waals surface area (Å²) in [6.45, 7) is 0.581. The molecule has 2 aromatic carbocycles. The van der Waals surface area contributed by atoms with E-state index in [1.807, 2.05) is 42.5 Å². The van der Waals surface area contributed by atoms with Crippen molar-refractivity contribution in [2.75, 3.05) is 13.2 Å². The third kappa shape index (κ3) is 5.35. The Labute approximate surface area is 181 Å². The molecule has 0 fully saturated rings. The maximum absolute atomic E-state index is 9.99. The van der Waals surface area contributed by atoms with E-state index in [2.05, 4.69) is 26.1 Å². The van der Waals surface area contributed by atoms with Crippen molar-refractivity contribution in [3.05, 3.63) is 77.2 Å². The van der Waals surface area contributed by atoms with E-state index < -0.39 is 6.10 Å². The van der Waals surface area contributed by atoms with Crippen LogP contribution < -0.4 is 4.74 Å². The lowest BCUT2D eigenvalue weighted by Crippen LogP contribution is -2.23. The molecule has 4 rings (SSSR count). The predicted octanol–water partition coefficient (Wildman–Crippen LogP) is 4.72. The van der Waals surface area contributed by atoms with Crippen LogP contribution >= 0.6 is 15.9 Å². The zero-order valence-corrected chi connectivity index (χ0v) is 17.5. The molecule has 0 spiro atoms. The molecule has 1 atom stereocenters. The van der Waals surface area contributed by atoms with Gasteiger partial charge in [-0.25, -0.2) is 0 Å². The Morgan fingerprint density at radius 2 is 1.87 bits per heavy atom. The molecule has 30 heavy (non-hydrogen) atoms. The normalized spacial score (nSPS) is 12.1. The first-order valence-corrected chi connectivity index (χ1v) is 10.1. The van der Waals surface area contributed by atoms with Crippen LogP contribution in [0, 0.1) is 0 Å². The largest absolute Gasteiger partial charge is 0.491 e. The quantitative estimate of drug-likeness (QED) is 0.378. The summed E-state index contributed by atoms with van der Waals surface area (Å²) >= 11 is 3.43. The summed E-state index contributed by atoms with van der Waals surface area (Å²) in [5.74, 6) is 2.27. The molecule has 2 heterocycles. The van der Waals surface area contributed by atoms with Gasteiger partial charge in [-0.3, -0.25) is 0 Å². The number of hydrogen-bond acceptors (Lipinski definition) is 7. The summed E-state index contributed by atoms with van der Waals surface area (Å²) in [5.41, 5.74) is 1.64. The lowest BCUT2D eigenvalue weighted by molar-refractivity contribution is 0.000881. The molecule has 0 aliphatic carbocycles. The molecule has 0 saturated heterocycles. The Hall–Kier alpha value is -2.94. The van der Waals surface area contributed by atoms with E-state index in [4.69, 9.17) is 18.4 Å². The summed E-state index contributed by atoms with van der Waals surface area (Å²) in [6, 6.07) is 18.5. The number of halogens is 1. The highest BCUT2D eigenvalue weighted by Gasteiger charge is 2.12. The van der Waals surface area contributed by atoms with Crippen molar-refractivity contribution in [2.24, 2.45) is 0 Å². The molecule has 0 bridgehead atoms. The zero-order chi connectivity index (χ0) is 20.8. The van der Waals surface area contributed by atoms with E-state index in [-0.39, 0.29) is 13.2 Å². The Balaban J connectivity index is 1.29. The monoisotopic (exact) mass is 470 g/mol. The van der Waals surface area contributed by atoms with E-state index in [0.29, 0.717) is 29.8 Å². The smallest absolute Gasteiger partial charge is 0.258 e. The number of hydrogen-bond donors (Lipinski definition) is 1. The van der Waals surface area contributed by atoms with Crippen LogP contribution in [0.4, 0.5) is 0 Å². The molecule has 0 radical (unpaired) electrons. The molecule has 1 unspecified atom stereocenters. The van der Waals surface area contributed by atoms with Crippen molar-refractivity contribution >= 4 is 15.9 Å². The lowest BCUT2D eigenvalue weighted by Gasteiger charge is -2.12. The number of ether oxygens (including phenoxy) is 2. The minimum atomic E-state index is -0.746. The SMILES string of the molecule is OC(COCc1ccco1)COc1ccc(-c2noc(-c3cccc(Br)c3)n2)cc1. The van der Waals surface area contributed by atoms with Gasteiger partial charge in [0, 0.05) is 15.6 Å². The Kier molecular flexibility index (Phi) is 6.58. The van der Waals surface area contributed by atoms with Crippen molar-refractivity contribution in [1.29, 1.82) is 0 Å². The summed E-state index contributed by atoms with van der Waals surface area (Å²) in [4.78, 5) is 4.45. The van der Waals surface area contributed by atoms with Gasteiger partial charge in [-0.1, -0.05) is 27.2 Å². The number of aromatic nitrogens is 2. The number of nitrogens with zero attached hydrogens (tertiary/aromatic N) is 2. The second kappa shape index (κ2) is 9.71. The fraction of sp³-hybridized carbons (Fsp3) is 0.182. The molecule has 2 aromatic heterocycles. The van der Waals surface area contributed by atoms with Gasteiger partial charge >= 0.3 is 0 Å². The van der Waals surface area contributed by atoms with Gasteiger partial charge in [0.25, 0.3) is 5.89 Å². The first-order chi connectivity index (χ1) is 14.7. The van der Waals surface area contributed by atoms with Crippen molar-refractivity contribution in [2.45, 2.75) is 12.7 Å². The van der Waals surface area contributed by atoms with Crippen molar-refractivity contribution < 1.29 is 23.5 Å². The lowest BCUT2D eigenvalue weighted by atomic mass is 10.2. The average molecular weight is 471 g/mol. The summed E-state index contributed by atoms with van der Waals surface area (Å²) in [6.07, 6.45) is 0.836. The molecule has 0 aliphatic heterocycles. The van der Waals surface area contributed by atoms with Gasteiger partial charge in [0.05, 0.1) is 12.9 Å². The van der Waals surface area contributed by atoms with Crippen LogP contribution in [0.5, 0.6) is 5.75 Å². The fourth-order valence-corrected chi connectivity index (χ4v) is 3.11. The standard InChI is InChI=1S/C22H19BrN2O5/c23-17-4-1-3-16(11-17)22-24-21(25-30-22)15-6-8-19(9-7-15)29-13-18(26)12-27-14-20-5-2-10-28-20/h1-11,18,26H,12-14H2. The second-order valence-electron chi connectivity index (χ2n) is 6.52. The minimum Gasteiger partial charge on any atom is -0.491 e. The summed E-state index contributed by atoms with van der Waals surface area (Å²) in [5, 5.41) is 14.0. The molecular weight excluding hydrogens is 452 g/mol. The van der Waals surface area contributed by atoms with Gasteiger partial charge in [0.15, 0.2) is 0 Å². The number of aliphatic hydroxyl groups is 1. The minimum absolute atomic E-state index is 0.118. The summed E-state index contributed by atoms with van der Waals surface area (Å²) in [7, 11) is 0. The molecule has 0 saturated carbocycles. The van der Waals surface area contributed by atoms with Gasteiger partial charge in [0.2, 0.25) is 5.82 Å². The molecule has 7 nitrogen and oxygen atoms in total. The first kappa shape index (κ1) is 20.3. The third-order valence-electron chi connectivity index (χ3n) is 4.19. The number of rotatable bonds is 9. The maximum atomic E-state index is 9.99. The highest BCUT2D eigenvalue weighted by molar-refractivity contribution is 9.10. The third-order valence-corrected chi connectivity index (χ3v) is 4.68. The molecule has 8 heteroatoms. The predicted molar refractivity (Wildman–Crippen MR) is 113 cm³/mol. The van der Waals surface area contributed by atoms with E-state index in [9.17, 15) is 5.11 Å². The van der Waals surface area contributed by atoms with Gasteiger partial charge in [-0.2, -0.15) is 4.98 Å². The number of aliphatic hydroxyl groups excluding tert-OH is 1. The zero-order valence-electron chi connectivity index (χ0n) is 15.9. The topological polar surface area (TPSA) is 90.8 Å². The van der Waals surface area contributed by atoms with Gasteiger partial charge in [-0.05, 0) is 54.6 Å². The maximum Gasteiger partial charge on any atom is 0.258 e. The average Bonchev–Trinajstić information content (AvgIpc) is 3.45. The fourth-order valence-electron chi connectivity index (χ4n) is 2.71. The van der Waals surface area contributed by atoms with Crippen LogP contribution in [0.2, 0.25) is 0 Å². The number of benzene rings is 2. The molecule has 154 valence electrons. The molecular formula is C22H19BrN2O5. The Bertz CT molecular complexity index is 1060. The van der Waals surface area contributed by atoms with Crippen molar-refractivity contribution in [1.82, 2.24) is 10.1 Å². The second-order valence-corrected chi connectivity index (χ2v) is 7.43. The highest BCUT2D eigenvalue weighted by Crippen LogP contribution is 2.25. The van der Waals surface area contributed by atoms with Crippen LogP contribution in [-0.4, -0.2) is 34.6 Å². The number of furan rings is 1. The summed E-state index contributed by atoms with van der Waals surface area (Å²) < 4.78 is 22.5. The van der Waals surface area contributed by atoms with Gasteiger partial charge in [-0.15, -0.1) is 0 Å². The van der Waals surface area contributed by atoms with E-state index in [1.54, 1.807) is 24.5 Å². The molecule has 1 N–H and O–H groups in total. The Morgan fingerprint density at radius 3 is 2.63 bits per heavy atom. The first-order valence-electron chi connectivity index (χ1n) is 9.28. The highest BCUT2D eigenvalue weighted by atomic mass is 79.9. The van der Waals surface area contributed by atoms with Crippen LogP contribution in [0.1, 0.15) is 5.76 Å². The van der Waals surface area contributed by atoms with Crippen LogP contribution in [0.25, 0.3) is 22.8 Å². The molecule has 0 aliphatic rings. The van der Waals surface area contributed by atoms with Gasteiger partial charge < -0.3 is 23.5 Å². The molecule has 4 aromatic rings. The molecule has 0 amide bonds. The van der Waals surface area contributed by atoms with Crippen LogP contribution in [0.3, 0.4) is 0 Å². The Morgan fingerprint density at radius 1 is 1.00 bits per heavy atom. The van der Waals surface area contributed by atoms with E-state index in [0.717, 1.165) is 15.6 Å². The van der Waals surface area contributed by atoms with Crippen LogP contribution in [0.15, 0.2) is 80.3 Å². The van der Waals surface area contributed by atoms with E-state index in [1.165, 1.54) is 0 Å². The van der Waals surface area contributed by atoms with Gasteiger partial charge in [0.1, 0.15) is 30.8 Å². The van der Waals surface area contributed by atoms with Crippen molar-refractivity contribution in [3.8, 4) is 28.6 Å². The van der Waals surface area contributed by atoms with E-state index >= 15 is 0 Å². The van der Waals surface area contributed by atoms with Crippen LogP contribution in [-0.2, 0) is 11.3 Å². The van der Waals surface area contributed by atoms with Crippen molar-refractivity contribution in [3.63, 3.8) is 0 Å².